The number of amides is 2. The molecule has 2 saturated carbocycles. The topological polar surface area (TPSA) is 88.9 Å². The Morgan fingerprint density at radius 1 is 1.03 bits per heavy atom. The van der Waals surface area contributed by atoms with Gasteiger partial charge in [-0.15, -0.1) is 0 Å². The van der Waals surface area contributed by atoms with Crippen molar-refractivity contribution in [2.24, 2.45) is 13.0 Å². The van der Waals surface area contributed by atoms with Crippen LogP contribution in [0.25, 0.3) is 11.0 Å². The molecule has 2 N–H and O–H groups in total. The monoisotopic (exact) mass is 389 g/mol. The molecule has 2 aromatic heterocycles. The Bertz CT molecular complexity index is 1120. The van der Waals surface area contributed by atoms with Gasteiger partial charge in [0.05, 0.1) is 16.6 Å². The standard InChI is InChI=1S/C22H23N5O2/c1-12-19-17(11-18(13-3-4-13)25-20(19)27(2)26-12)22(29)24-16-9-7-15(8-10-16)23-21(28)14-5-6-14/h7-11,13-14H,3-6H2,1-2H3,(H,23,28)(H,24,29). The Kier molecular flexibility index (Phi) is 4.12. The zero-order valence-corrected chi connectivity index (χ0v) is 16.5. The molecule has 0 aliphatic heterocycles. The summed E-state index contributed by atoms with van der Waals surface area (Å²) >= 11 is 0. The van der Waals surface area contributed by atoms with E-state index in [1.165, 1.54) is 0 Å². The van der Waals surface area contributed by atoms with Gasteiger partial charge in [0.2, 0.25) is 5.91 Å². The highest BCUT2D eigenvalue weighted by atomic mass is 16.2. The number of nitrogens with one attached hydrogen (secondary N) is 2. The van der Waals surface area contributed by atoms with Crippen LogP contribution in [0.1, 0.15) is 53.3 Å². The van der Waals surface area contributed by atoms with Crippen molar-refractivity contribution >= 4 is 34.2 Å². The number of carbonyl (C=O) groups is 2. The number of benzene rings is 1. The van der Waals surface area contributed by atoms with Crippen LogP contribution in [0.5, 0.6) is 0 Å². The minimum absolute atomic E-state index is 0.0700. The van der Waals surface area contributed by atoms with E-state index in [9.17, 15) is 9.59 Å². The molecule has 7 heteroatoms. The van der Waals surface area contributed by atoms with Gasteiger partial charge in [0, 0.05) is 36.0 Å². The summed E-state index contributed by atoms with van der Waals surface area (Å²) in [6.45, 7) is 1.90. The van der Waals surface area contributed by atoms with E-state index >= 15 is 0 Å². The molecule has 0 atom stereocenters. The van der Waals surface area contributed by atoms with Gasteiger partial charge in [0.15, 0.2) is 5.65 Å². The minimum atomic E-state index is -0.176. The number of rotatable bonds is 5. The van der Waals surface area contributed by atoms with Crippen LogP contribution in [-0.2, 0) is 11.8 Å². The summed E-state index contributed by atoms with van der Waals surface area (Å²) in [6, 6.07) is 9.13. The number of pyridine rings is 1. The van der Waals surface area contributed by atoms with Gasteiger partial charge in [-0.2, -0.15) is 5.10 Å². The summed E-state index contributed by atoms with van der Waals surface area (Å²) in [6.07, 6.45) is 4.17. The van der Waals surface area contributed by atoms with Crippen LogP contribution in [0.2, 0.25) is 0 Å². The maximum absolute atomic E-state index is 13.1. The predicted molar refractivity (Wildman–Crippen MR) is 111 cm³/mol. The van der Waals surface area contributed by atoms with Crippen LogP contribution in [-0.4, -0.2) is 26.6 Å². The second-order valence-corrected chi connectivity index (χ2v) is 8.07. The number of carbonyl (C=O) groups excluding carboxylic acids is 2. The van der Waals surface area contributed by atoms with Crippen molar-refractivity contribution in [2.75, 3.05) is 10.6 Å². The van der Waals surface area contributed by atoms with E-state index in [1.807, 2.05) is 32.2 Å². The molecule has 0 unspecified atom stereocenters. The summed E-state index contributed by atoms with van der Waals surface area (Å²) in [5.74, 6) is 0.494. The van der Waals surface area contributed by atoms with Gasteiger partial charge < -0.3 is 10.6 Å². The van der Waals surface area contributed by atoms with E-state index in [-0.39, 0.29) is 17.7 Å². The molecule has 0 spiro atoms. The van der Waals surface area contributed by atoms with Gasteiger partial charge in [-0.05, 0) is 62.9 Å². The quantitative estimate of drug-likeness (QED) is 0.695. The lowest BCUT2D eigenvalue weighted by atomic mass is 10.1. The third-order valence-electron chi connectivity index (χ3n) is 5.59. The third-order valence-corrected chi connectivity index (χ3v) is 5.59. The summed E-state index contributed by atoms with van der Waals surface area (Å²) in [7, 11) is 1.86. The van der Waals surface area contributed by atoms with E-state index in [0.717, 1.165) is 53.8 Å². The van der Waals surface area contributed by atoms with Crippen molar-refractivity contribution in [3.8, 4) is 0 Å². The number of hydrogen-bond donors (Lipinski definition) is 2. The van der Waals surface area contributed by atoms with Gasteiger partial charge >= 0.3 is 0 Å². The van der Waals surface area contributed by atoms with Crippen molar-refractivity contribution in [3.63, 3.8) is 0 Å². The molecule has 29 heavy (non-hydrogen) atoms. The normalized spacial score (nSPS) is 16.1. The first-order valence-corrected chi connectivity index (χ1v) is 10.1. The van der Waals surface area contributed by atoms with Gasteiger partial charge in [0.1, 0.15) is 0 Å². The Morgan fingerprint density at radius 3 is 2.31 bits per heavy atom. The first-order chi connectivity index (χ1) is 14.0. The fourth-order valence-electron chi connectivity index (χ4n) is 3.66. The highest BCUT2D eigenvalue weighted by Gasteiger charge is 2.30. The number of anilines is 2. The zero-order valence-electron chi connectivity index (χ0n) is 16.5. The number of fused-ring (bicyclic) bond motifs is 1. The molecule has 2 fully saturated rings. The first kappa shape index (κ1) is 17.8. The molecule has 7 nitrogen and oxygen atoms in total. The molecule has 5 rings (SSSR count). The summed E-state index contributed by atoms with van der Waals surface area (Å²) in [5, 5.41) is 11.1. The molecule has 2 aliphatic carbocycles. The van der Waals surface area contributed by atoms with Crippen molar-refractivity contribution in [3.05, 3.63) is 47.3 Å². The second-order valence-electron chi connectivity index (χ2n) is 8.07. The van der Waals surface area contributed by atoms with Crippen LogP contribution in [0, 0.1) is 12.8 Å². The Hall–Kier alpha value is -3.22. The highest BCUT2D eigenvalue weighted by molar-refractivity contribution is 6.12. The number of aryl methyl sites for hydroxylation is 2. The van der Waals surface area contributed by atoms with Crippen LogP contribution >= 0.6 is 0 Å². The molecule has 0 radical (unpaired) electrons. The fraction of sp³-hybridized carbons (Fsp3) is 0.364. The van der Waals surface area contributed by atoms with Crippen LogP contribution < -0.4 is 10.6 Å². The molecule has 0 bridgehead atoms. The lowest BCUT2D eigenvalue weighted by Gasteiger charge is -2.10. The summed E-state index contributed by atoms with van der Waals surface area (Å²) in [4.78, 5) is 29.7. The Balaban J connectivity index is 1.40. The highest BCUT2D eigenvalue weighted by Crippen LogP contribution is 2.40. The average Bonchev–Trinajstić information content (AvgIpc) is 3.61. The van der Waals surface area contributed by atoms with Gasteiger partial charge in [-0.25, -0.2) is 4.98 Å². The van der Waals surface area contributed by atoms with Crippen molar-refractivity contribution < 1.29 is 9.59 Å². The molecule has 2 amide bonds. The molecule has 0 saturated heterocycles. The van der Waals surface area contributed by atoms with E-state index < -0.39 is 0 Å². The largest absolute Gasteiger partial charge is 0.326 e. The smallest absolute Gasteiger partial charge is 0.256 e. The van der Waals surface area contributed by atoms with Crippen LogP contribution in [0.4, 0.5) is 11.4 Å². The lowest BCUT2D eigenvalue weighted by Crippen LogP contribution is -2.15. The molecular formula is C22H23N5O2. The number of hydrogen-bond acceptors (Lipinski definition) is 4. The maximum atomic E-state index is 13.1. The molecule has 2 aliphatic rings. The van der Waals surface area contributed by atoms with Crippen LogP contribution in [0.15, 0.2) is 30.3 Å². The average molecular weight is 389 g/mol. The zero-order chi connectivity index (χ0) is 20.1. The van der Waals surface area contributed by atoms with E-state index in [1.54, 1.807) is 16.8 Å². The van der Waals surface area contributed by atoms with Crippen molar-refractivity contribution in [1.29, 1.82) is 0 Å². The molecule has 2 heterocycles. The maximum Gasteiger partial charge on any atom is 0.256 e. The number of aromatic nitrogens is 3. The second kappa shape index (κ2) is 6.69. The minimum Gasteiger partial charge on any atom is -0.326 e. The van der Waals surface area contributed by atoms with E-state index in [2.05, 4.69) is 15.7 Å². The fourth-order valence-corrected chi connectivity index (χ4v) is 3.66. The van der Waals surface area contributed by atoms with Crippen LogP contribution in [0.3, 0.4) is 0 Å². The van der Waals surface area contributed by atoms with Crippen molar-refractivity contribution in [2.45, 2.75) is 38.5 Å². The lowest BCUT2D eigenvalue weighted by molar-refractivity contribution is -0.117. The molecule has 3 aromatic rings. The Labute approximate surface area is 168 Å². The molecule has 148 valence electrons. The van der Waals surface area contributed by atoms with E-state index in [0.29, 0.717) is 17.2 Å². The predicted octanol–water partition coefficient (Wildman–Crippen LogP) is 3.75. The SMILES string of the molecule is Cc1nn(C)c2nc(C3CC3)cc(C(=O)Nc3ccc(NC(=O)C4CC4)cc3)c12. The van der Waals surface area contributed by atoms with Gasteiger partial charge in [-0.1, -0.05) is 0 Å². The number of nitrogens with zero attached hydrogens (tertiary/aromatic N) is 3. The third kappa shape index (κ3) is 3.48. The van der Waals surface area contributed by atoms with Gasteiger partial charge in [0.25, 0.3) is 5.91 Å². The summed E-state index contributed by atoms with van der Waals surface area (Å²) < 4.78 is 1.74. The molecular weight excluding hydrogens is 366 g/mol. The summed E-state index contributed by atoms with van der Waals surface area (Å²) in [5.41, 5.74) is 4.53. The van der Waals surface area contributed by atoms with E-state index in [4.69, 9.17) is 4.98 Å². The van der Waals surface area contributed by atoms with Gasteiger partial charge in [-0.3, -0.25) is 14.3 Å². The first-order valence-electron chi connectivity index (χ1n) is 10.1. The Morgan fingerprint density at radius 2 is 1.69 bits per heavy atom. The van der Waals surface area contributed by atoms with Crippen molar-refractivity contribution in [1.82, 2.24) is 14.8 Å². The molecule has 1 aromatic carbocycles.